The summed E-state index contributed by atoms with van der Waals surface area (Å²) in [5.41, 5.74) is 0.867. The number of phenolic OH excluding ortho intramolecular Hbond substituents is 1. The van der Waals surface area contributed by atoms with Crippen molar-refractivity contribution in [1.82, 2.24) is 0 Å². The molecule has 2 N–H and O–H groups in total. The van der Waals surface area contributed by atoms with Crippen molar-refractivity contribution in [3.8, 4) is 5.75 Å². The lowest BCUT2D eigenvalue weighted by Crippen LogP contribution is -2.21. The van der Waals surface area contributed by atoms with Gasteiger partial charge in [-0.15, -0.1) is 0 Å². The van der Waals surface area contributed by atoms with Crippen LogP contribution in [0.15, 0.2) is 27.4 Å². The standard InChI is InChI=1S/C19H20O6/c1-9(20)4-12-6-16(22)11(3)18-14(12)8-15(19(23)25-18)17-7-13(21)5-10(2)24-17/h6-10,20,22H,4-5H2,1-3H3/t9-,10+/m0/s1. The normalized spacial score (nSPS) is 18.8. The molecule has 3 rings (SSSR count). The van der Waals surface area contributed by atoms with Gasteiger partial charge in [0.15, 0.2) is 5.78 Å². The topological polar surface area (TPSA) is 97.0 Å². The van der Waals surface area contributed by atoms with Gasteiger partial charge in [0.05, 0.1) is 6.10 Å². The van der Waals surface area contributed by atoms with E-state index in [9.17, 15) is 19.8 Å². The van der Waals surface area contributed by atoms with Gasteiger partial charge in [0, 0.05) is 23.4 Å². The van der Waals surface area contributed by atoms with E-state index in [0.29, 0.717) is 16.5 Å². The SMILES string of the molecule is Cc1c(O)cc(C[C@H](C)O)c2cc(C3=CC(=O)C[C@@H](C)O3)c(=O)oc12. The van der Waals surface area contributed by atoms with Crippen LogP contribution in [0.5, 0.6) is 5.75 Å². The Balaban J connectivity index is 2.26. The molecule has 2 aromatic rings. The number of aromatic hydroxyl groups is 1. The van der Waals surface area contributed by atoms with Crippen molar-refractivity contribution in [3.05, 3.63) is 45.3 Å². The summed E-state index contributed by atoms with van der Waals surface area (Å²) in [5, 5.41) is 20.4. The highest BCUT2D eigenvalue weighted by atomic mass is 16.5. The third-order valence-electron chi connectivity index (χ3n) is 4.22. The Morgan fingerprint density at radius 3 is 2.68 bits per heavy atom. The second-order valence-electron chi connectivity index (χ2n) is 6.53. The Hall–Kier alpha value is -2.60. The molecular formula is C19H20O6. The second-order valence-corrected chi connectivity index (χ2v) is 6.53. The highest BCUT2D eigenvalue weighted by Gasteiger charge is 2.23. The van der Waals surface area contributed by atoms with Crippen LogP contribution in [-0.2, 0) is 16.0 Å². The second kappa shape index (κ2) is 6.37. The van der Waals surface area contributed by atoms with E-state index < -0.39 is 11.7 Å². The third kappa shape index (κ3) is 3.30. The summed E-state index contributed by atoms with van der Waals surface area (Å²) in [6, 6.07) is 3.15. The number of allylic oxidation sites excluding steroid dienone is 1. The van der Waals surface area contributed by atoms with Gasteiger partial charge >= 0.3 is 5.63 Å². The van der Waals surface area contributed by atoms with Crippen LogP contribution in [0.3, 0.4) is 0 Å². The highest BCUT2D eigenvalue weighted by Crippen LogP contribution is 2.32. The zero-order valence-electron chi connectivity index (χ0n) is 14.3. The van der Waals surface area contributed by atoms with Crippen LogP contribution in [0, 0.1) is 6.92 Å². The largest absolute Gasteiger partial charge is 0.508 e. The van der Waals surface area contributed by atoms with Crippen molar-refractivity contribution in [2.75, 3.05) is 0 Å². The Morgan fingerprint density at radius 1 is 1.32 bits per heavy atom. The summed E-state index contributed by atoms with van der Waals surface area (Å²) in [4.78, 5) is 24.2. The van der Waals surface area contributed by atoms with Crippen molar-refractivity contribution in [2.45, 2.75) is 45.8 Å². The minimum absolute atomic E-state index is 0.00372. The number of carbonyl (C=O) groups is 1. The monoisotopic (exact) mass is 344 g/mol. The van der Waals surface area contributed by atoms with Crippen LogP contribution < -0.4 is 5.63 Å². The fourth-order valence-corrected chi connectivity index (χ4v) is 3.04. The molecule has 1 aromatic heterocycles. The van der Waals surface area contributed by atoms with Crippen LogP contribution in [0.4, 0.5) is 0 Å². The molecule has 0 saturated carbocycles. The van der Waals surface area contributed by atoms with Gasteiger partial charge in [-0.1, -0.05) is 0 Å². The first-order valence-corrected chi connectivity index (χ1v) is 8.15. The maximum atomic E-state index is 12.4. The van der Waals surface area contributed by atoms with Crippen LogP contribution in [0.1, 0.15) is 37.0 Å². The van der Waals surface area contributed by atoms with E-state index in [1.165, 1.54) is 6.08 Å². The van der Waals surface area contributed by atoms with Crippen LogP contribution >= 0.6 is 0 Å². The molecule has 1 aliphatic rings. The number of aryl methyl sites for hydroxylation is 1. The minimum atomic E-state index is -0.641. The molecule has 6 heteroatoms. The number of ether oxygens (including phenoxy) is 1. The lowest BCUT2D eigenvalue weighted by Gasteiger charge is -2.20. The molecule has 0 aliphatic carbocycles. The molecule has 0 unspecified atom stereocenters. The summed E-state index contributed by atoms with van der Waals surface area (Å²) in [5.74, 6) is 0.0726. The molecule has 0 spiro atoms. The van der Waals surface area contributed by atoms with Gasteiger partial charge in [0.25, 0.3) is 0 Å². The molecule has 2 atom stereocenters. The van der Waals surface area contributed by atoms with Crippen molar-refractivity contribution in [3.63, 3.8) is 0 Å². The average molecular weight is 344 g/mol. The van der Waals surface area contributed by atoms with E-state index in [0.717, 1.165) is 0 Å². The molecule has 1 aromatic carbocycles. The molecule has 6 nitrogen and oxygen atoms in total. The summed E-state index contributed by atoms with van der Waals surface area (Å²) in [6.07, 6.45) is 0.906. The van der Waals surface area contributed by atoms with E-state index in [1.54, 1.807) is 32.9 Å². The van der Waals surface area contributed by atoms with E-state index in [4.69, 9.17) is 9.15 Å². The summed E-state index contributed by atoms with van der Waals surface area (Å²) >= 11 is 0. The number of hydrogen-bond donors (Lipinski definition) is 2. The van der Waals surface area contributed by atoms with Gasteiger partial charge in [0.1, 0.15) is 28.8 Å². The van der Waals surface area contributed by atoms with Crippen molar-refractivity contribution in [1.29, 1.82) is 0 Å². The number of carbonyl (C=O) groups excluding carboxylic acids is 1. The van der Waals surface area contributed by atoms with E-state index in [-0.39, 0.29) is 47.4 Å². The Bertz CT molecular complexity index is 935. The van der Waals surface area contributed by atoms with Crippen LogP contribution in [0.2, 0.25) is 0 Å². The van der Waals surface area contributed by atoms with Gasteiger partial charge in [-0.2, -0.15) is 0 Å². The number of benzene rings is 1. The third-order valence-corrected chi connectivity index (χ3v) is 4.22. The Kier molecular flexibility index (Phi) is 4.39. The van der Waals surface area contributed by atoms with Crippen LogP contribution in [0.25, 0.3) is 16.7 Å². The minimum Gasteiger partial charge on any atom is -0.508 e. The van der Waals surface area contributed by atoms with E-state index in [1.807, 2.05) is 0 Å². The van der Waals surface area contributed by atoms with E-state index >= 15 is 0 Å². The number of ketones is 1. The van der Waals surface area contributed by atoms with Crippen molar-refractivity contribution in [2.24, 2.45) is 0 Å². The first-order valence-electron chi connectivity index (χ1n) is 8.15. The first kappa shape index (κ1) is 17.2. The van der Waals surface area contributed by atoms with E-state index in [2.05, 4.69) is 0 Å². The predicted octanol–water partition coefficient (Wildman–Crippen LogP) is 2.45. The number of phenols is 1. The molecule has 0 fully saturated rings. The maximum absolute atomic E-state index is 12.4. The molecule has 2 heterocycles. The predicted molar refractivity (Wildman–Crippen MR) is 92.4 cm³/mol. The molecule has 0 radical (unpaired) electrons. The summed E-state index contributed by atoms with van der Waals surface area (Å²) < 4.78 is 11.0. The van der Waals surface area contributed by atoms with Crippen LogP contribution in [-0.4, -0.2) is 28.2 Å². The zero-order valence-corrected chi connectivity index (χ0v) is 14.3. The molecule has 25 heavy (non-hydrogen) atoms. The average Bonchev–Trinajstić information content (AvgIpc) is 2.50. The quantitative estimate of drug-likeness (QED) is 0.830. The summed E-state index contributed by atoms with van der Waals surface area (Å²) in [6.45, 7) is 5.04. The van der Waals surface area contributed by atoms with Gasteiger partial charge in [-0.05, 0) is 44.9 Å². The number of fused-ring (bicyclic) bond motifs is 1. The van der Waals surface area contributed by atoms with Gasteiger partial charge in [0.2, 0.25) is 0 Å². The lowest BCUT2D eigenvalue weighted by molar-refractivity contribution is -0.117. The van der Waals surface area contributed by atoms with Crippen molar-refractivity contribution < 1.29 is 24.2 Å². The highest BCUT2D eigenvalue weighted by molar-refractivity contribution is 5.98. The number of rotatable bonds is 3. The van der Waals surface area contributed by atoms with Gasteiger partial charge in [-0.3, -0.25) is 4.79 Å². The fraction of sp³-hybridized carbons (Fsp3) is 0.368. The number of hydrogen-bond acceptors (Lipinski definition) is 6. The molecule has 0 bridgehead atoms. The maximum Gasteiger partial charge on any atom is 0.347 e. The molecule has 0 saturated heterocycles. The Morgan fingerprint density at radius 2 is 2.04 bits per heavy atom. The van der Waals surface area contributed by atoms with Gasteiger partial charge in [-0.25, -0.2) is 4.79 Å². The molecular weight excluding hydrogens is 324 g/mol. The Labute approximate surface area is 144 Å². The molecule has 1 aliphatic heterocycles. The van der Waals surface area contributed by atoms with Gasteiger partial charge < -0.3 is 19.4 Å². The molecule has 132 valence electrons. The first-order chi connectivity index (χ1) is 11.8. The zero-order chi connectivity index (χ0) is 18.3. The van der Waals surface area contributed by atoms with Crippen molar-refractivity contribution >= 4 is 22.5 Å². The summed E-state index contributed by atoms with van der Waals surface area (Å²) in [7, 11) is 0. The number of aliphatic hydroxyl groups is 1. The molecule has 0 amide bonds. The fourth-order valence-electron chi connectivity index (χ4n) is 3.04. The number of aliphatic hydroxyl groups excluding tert-OH is 1. The smallest absolute Gasteiger partial charge is 0.347 e. The lowest BCUT2D eigenvalue weighted by atomic mass is 9.98.